The normalized spacial score (nSPS) is 5.62. The molecule has 0 heterocycles. The van der Waals surface area contributed by atoms with Crippen molar-refractivity contribution in [2.75, 3.05) is 33.0 Å². The Morgan fingerprint density at radius 3 is 0.438 bits per heavy atom. The van der Waals surface area contributed by atoms with Gasteiger partial charge in [0.2, 0.25) is 0 Å². The molecule has 0 aromatic rings. The number of hydrogen-bond donors (Lipinski definition) is 5. The van der Waals surface area contributed by atoms with Gasteiger partial charge in [-0.05, 0) is 34.6 Å². The standard InChI is InChI=1S/5C2H6O.H3P/c5*1-2-3;/h5*3H,2H2,1H3;1H3. The first-order valence-corrected chi connectivity index (χ1v) is 5.12. The first kappa shape index (κ1) is 36.0. The summed E-state index contributed by atoms with van der Waals surface area (Å²) in [6.07, 6.45) is 0. The highest BCUT2D eigenvalue weighted by Gasteiger charge is 1.35. The fourth-order valence-electron chi connectivity index (χ4n) is 0. The van der Waals surface area contributed by atoms with Crippen LogP contribution in [0.5, 0.6) is 0 Å². The Morgan fingerprint density at radius 2 is 0.438 bits per heavy atom. The van der Waals surface area contributed by atoms with Crippen molar-refractivity contribution in [3.8, 4) is 0 Å². The van der Waals surface area contributed by atoms with Gasteiger partial charge in [-0.1, -0.05) is 0 Å². The van der Waals surface area contributed by atoms with Gasteiger partial charge in [-0.15, -0.1) is 0 Å². The Kier molecular flexibility index (Phi) is 253. The predicted octanol–water partition coefficient (Wildman–Crippen LogP) is 0.0511. The van der Waals surface area contributed by atoms with Gasteiger partial charge >= 0.3 is 0 Å². The average Bonchev–Trinajstić information content (AvgIpc) is 2.09. The molecule has 5 nitrogen and oxygen atoms in total. The fourth-order valence-corrected chi connectivity index (χ4v) is 0. The van der Waals surface area contributed by atoms with Crippen molar-refractivity contribution >= 4 is 9.90 Å². The minimum Gasteiger partial charge on any atom is -0.397 e. The van der Waals surface area contributed by atoms with Gasteiger partial charge in [-0.25, -0.2) is 0 Å². The Morgan fingerprint density at radius 1 is 0.438 bits per heavy atom. The van der Waals surface area contributed by atoms with Crippen LogP contribution in [0.1, 0.15) is 34.6 Å². The second-order valence-electron chi connectivity index (χ2n) is 1.58. The van der Waals surface area contributed by atoms with E-state index in [2.05, 4.69) is 0 Å². The SMILES string of the molecule is CCO.CCO.CCO.CCO.CCO.P. The summed E-state index contributed by atoms with van der Waals surface area (Å²) in [5.41, 5.74) is 0. The molecular weight excluding hydrogens is 231 g/mol. The van der Waals surface area contributed by atoms with Crippen molar-refractivity contribution in [3.63, 3.8) is 0 Å². The molecule has 0 aliphatic carbocycles. The van der Waals surface area contributed by atoms with Gasteiger partial charge in [-0.2, -0.15) is 9.90 Å². The highest BCUT2D eigenvalue weighted by molar-refractivity contribution is 6.92. The Bertz CT molecular complexity index is 30.8. The zero-order valence-electron chi connectivity index (χ0n) is 11.5. The van der Waals surface area contributed by atoms with E-state index in [-0.39, 0.29) is 42.9 Å². The fraction of sp³-hybridized carbons (Fsp3) is 1.00. The first-order valence-electron chi connectivity index (χ1n) is 5.12. The van der Waals surface area contributed by atoms with Gasteiger partial charge in [0.1, 0.15) is 0 Å². The van der Waals surface area contributed by atoms with Crippen LogP contribution in [0.2, 0.25) is 0 Å². The van der Waals surface area contributed by atoms with E-state index in [1.54, 1.807) is 34.6 Å². The number of aliphatic hydroxyl groups is 5. The largest absolute Gasteiger partial charge is 0.397 e. The molecule has 0 fully saturated rings. The second-order valence-corrected chi connectivity index (χ2v) is 1.58. The predicted molar refractivity (Wildman–Crippen MR) is 74.9 cm³/mol. The Labute approximate surface area is 104 Å². The molecule has 0 aliphatic rings. The molecule has 0 saturated carbocycles. The molecule has 0 amide bonds. The zero-order chi connectivity index (χ0) is 13.5. The van der Waals surface area contributed by atoms with Crippen LogP contribution in [0.15, 0.2) is 0 Å². The van der Waals surface area contributed by atoms with Crippen molar-refractivity contribution < 1.29 is 25.5 Å². The van der Waals surface area contributed by atoms with E-state index in [1.165, 1.54) is 0 Å². The molecule has 0 aliphatic heterocycles. The highest BCUT2D eigenvalue weighted by atomic mass is 31.0. The van der Waals surface area contributed by atoms with Gasteiger partial charge in [0.05, 0.1) is 0 Å². The lowest BCUT2D eigenvalue weighted by Crippen LogP contribution is -1.57. The van der Waals surface area contributed by atoms with Crippen molar-refractivity contribution in [1.82, 2.24) is 0 Å². The molecule has 0 rings (SSSR count). The summed E-state index contributed by atoms with van der Waals surface area (Å²) >= 11 is 0. The van der Waals surface area contributed by atoms with Crippen molar-refractivity contribution in [2.24, 2.45) is 0 Å². The Hall–Kier alpha value is 0.230. The zero-order valence-corrected chi connectivity index (χ0v) is 12.9. The van der Waals surface area contributed by atoms with E-state index < -0.39 is 0 Å². The topological polar surface area (TPSA) is 101 Å². The van der Waals surface area contributed by atoms with Gasteiger partial charge in [0.15, 0.2) is 0 Å². The summed E-state index contributed by atoms with van der Waals surface area (Å²) in [4.78, 5) is 0. The van der Waals surface area contributed by atoms with Crippen molar-refractivity contribution in [3.05, 3.63) is 0 Å². The Balaban J connectivity index is -0.0000000192. The molecule has 1 atom stereocenters. The third kappa shape index (κ3) is 47100. The van der Waals surface area contributed by atoms with Crippen LogP contribution in [0.25, 0.3) is 0 Å². The average molecular weight is 264 g/mol. The molecule has 1 unspecified atom stereocenters. The monoisotopic (exact) mass is 264 g/mol. The minimum absolute atomic E-state index is 0. The third-order valence-corrected chi connectivity index (χ3v) is 0. The molecule has 108 valence electrons. The molecule has 5 N–H and O–H groups in total. The molecule has 0 saturated heterocycles. The van der Waals surface area contributed by atoms with Crippen molar-refractivity contribution in [2.45, 2.75) is 34.6 Å². The summed E-state index contributed by atoms with van der Waals surface area (Å²) < 4.78 is 0. The van der Waals surface area contributed by atoms with E-state index >= 15 is 0 Å². The minimum atomic E-state index is 0. The molecule has 0 aromatic carbocycles. The molecule has 6 heteroatoms. The van der Waals surface area contributed by atoms with Crippen LogP contribution in [0, 0.1) is 0 Å². The second kappa shape index (κ2) is 113. The van der Waals surface area contributed by atoms with Crippen LogP contribution in [0.4, 0.5) is 0 Å². The lowest BCUT2D eigenvalue weighted by Gasteiger charge is -1.52. The summed E-state index contributed by atoms with van der Waals surface area (Å²) in [7, 11) is 0. The van der Waals surface area contributed by atoms with Gasteiger partial charge in [-0.3, -0.25) is 0 Å². The van der Waals surface area contributed by atoms with Crippen LogP contribution in [-0.4, -0.2) is 58.6 Å². The first-order chi connectivity index (χ1) is 7.07. The molecular formula is C10H33O5P. The lowest BCUT2D eigenvalue weighted by molar-refractivity contribution is 0.318. The van der Waals surface area contributed by atoms with Gasteiger partial charge in [0.25, 0.3) is 0 Å². The van der Waals surface area contributed by atoms with E-state index in [9.17, 15) is 0 Å². The maximum atomic E-state index is 7.57. The number of aliphatic hydroxyl groups excluding tert-OH is 5. The molecule has 0 aromatic heterocycles. The van der Waals surface area contributed by atoms with Crippen LogP contribution in [-0.2, 0) is 0 Å². The smallest absolute Gasteiger partial charge is 0.0402 e. The molecule has 0 bridgehead atoms. The van der Waals surface area contributed by atoms with E-state index in [0.29, 0.717) is 0 Å². The van der Waals surface area contributed by atoms with E-state index in [1.807, 2.05) is 0 Å². The van der Waals surface area contributed by atoms with Gasteiger partial charge < -0.3 is 25.5 Å². The molecule has 16 heavy (non-hydrogen) atoms. The lowest BCUT2D eigenvalue weighted by atomic mass is 10.9. The molecule has 0 spiro atoms. The maximum absolute atomic E-state index is 7.57. The highest BCUT2D eigenvalue weighted by Crippen LogP contribution is 1.31. The summed E-state index contributed by atoms with van der Waals surface area (Å²) in [6.45, 7) is 9.65. The quantitative estimate of drug-likeness (QED) is 0.398. The van der Waals surface area contributed by atoms with Gasteiger partial charge in [0, 0.05) is 33.0 Å². The third-order valence-electron chi connectivity index (χ3n) is 0. The van der Waals surface area contributed by atoms with E-state index in [0.717, 1.165) is 0 Å². The number of rotatable bonds is 0. The van der Waals surface area contributed by atoms with Crippen LogP contribution in [0.3, 0.4) is 0 Å². The summed E-state index contributed by atoms with van der Waals surface area (Å²) in [6, 6.07) is 0. The van der Waals surface area contributed by atoms with Crippen LogP contribution < -0.4 is 0 Å². The summed E-state index contributed by atoms with van der Waals surface area (Å²) in [5, 5.41) is 37.8. The van der Waals surface area contributed by atoms with E-state index in [4.69, 9.17) is 25.5 Å². The maximum Gasteiger partial charge on any atom is 0.0402 e. The molecule has 0 radical (unpaired) electrons. The number of hydrogen-bond acceptors (Lipinski definition) is 5. The summed E-state index contributed by atoms with van der Waals surface area (Å²) in [5.74, 6) is 0. The van der Waals surface area contributed by atoms with Crippen molar-refractivity contribution in [1.29, 1.82) is 0 Å². The van der Waals surface area contributed by atoms with Crippen LogP contribution >= 0.6 is 9.90 Å².